The zero-order valence-electron chi connectivity index (χ0n) is 19.4. The second kappa shape index (κ2) is 11.7. The van der Waals surface area contributed by atoms with Crippen LogP contribution in [0.1, 0.15) is 51.8 Å². The molecule has 0 bridgehead atoms. The predicted octanol–water partition coefficient (Wildman–Crippen LogP) is 1.91. The molecule has 1 aromatic carbocycles. The smallest absolute Gasteiger partial charge is 0.408 e. The predicted molar refractivity (Wildman–Crippen MR) is 118 cm³/mol. The molecule has 0 aromatic heterocycles. The number of aryl methyl sites for hydroxylation is 1. The van der Waals surface area contributed by atoms with Crippen molar-refractivity contribution in [3.63, 3.8) is 0 Å². The molecule has 0 aliphatic rings. The average molecular weight is 446 g/mol. The number of ether oxygens (including phenoxy) is 2. The summed E-state index contributed by atoms with van der Waals surface area (Å²) in [6.45, 7) is 8.09. The van der Waals surface area contributed by atoms with Gasteiger partial charge in [-0.1, -0.05) is 37.6 Å². The molecule has 9 heteroatoms. The zero-order valence-corrected chi connectivity index (χ0v) is 19.4. The Morgan fingerprint density at radius 1 is 1.16 bits per heavy atom. The number of carbonyl (C=O) groups is 4. The number of terminal acetylenes is 1. The van der Waals surface area contributed by atoms with E-state index in [-0.39, 0.29) is 0 Å². The molecular weight excluding hydrogens is 414 g/mol. The lowest BCUT2D eigenvalue weighted by Gasteiger charge is -2.29. The number of benzene rings is 1. The summed E-state index contributed by atoms with van der Waals surface area (Å²) in [5.74, 6) is -2.02. The van der Waals surface area contributed by atoms with E-state index in [1.165, 1.54) is 14.0 Å². The maximum Gasteiger partial charge on any atom is 0.408 e. The van der Waals surface area contributed by atoms with Gasteiger partial charge in [-0.25, -0.2) is 4.79 Å². The van der Waals surface area contributed by atoms with Gasteiger partial charge >= 0.3 is 12.1 Å². The van der Waals surface area contributed by atoms with Gasteiger partial charge in [-0.3, -0.25) is 19.3 Å². The molecule has 2 atom stereocenters. The fourth-order valence-electron chi connectivity index (χ4n) is 2.70. The van der Waals surface area contributed by atoms with Crippen LogP contribution in [0.4, 0.5) is 4.79 Å². The number of methoxy groups -OCH3 is 1. The highest BCUT2D eigenvalue weighted by atomic mass is 16.6. The third-order valence-corrected chi connectivity index (χ3v) is 4.33. The van der Waals surface area contributed by atoms with E-state index >= 15 is 0 Å². The summed E-state index contributed by atoms with van der Waals surface area (Å²) >= 11 is 0. The maximum absolute atomic E-state index is 13.1. The highest BCUT2D eigenvalue weighted by Gasteiger charge is 2.34. The van der Waals surface area contributed by atoms with Crippen molar-refractivity contribution in [3.05, 3.63) is 35.4 Å². The minimum absolute atomic E-state index is 0.392. The first-order valence-electron chi connectivity index (χ1n) is 10.2. The molecule has 0 heterocycles. The summed E-state index contributed by atoms with van der Waals surface area (Å²) < 4.78 is 9.70. The van der Waals surface area contributed by atoms with E-state index in [0.717, 1.165) is 16.9 Å². The van der Waals surface area contributed by atoms with E-state index in [9.17, 15) is 19.2 Å². The third kappa shape index (κ3) is 7.95. The van der Waals surface area contributed by atoms with Crippen molar-refractivity contribution in [2.75, 3.05) is 13.7 Å². The van der Waals surface area contributed by atoms with E-state index in [0.29, 0.717) is 5.56 Å². The van der Waals surface area contributed by atoms with Gasteiger partial charge in [0.15, 0.2) is 0 Å². The Labute approximate surface area is 188 Å². The highest BCUT2D eigenvalue weighted by Crippen LogP contribution is 2.22. The molecule has 174 valence electrons. The van der Waals surface area contributed by atoms with Crippen molar-refractivity contribution < 1.29 is 28.7 Å². The monoisotopic (exact) mass is 445 g/mol. The maximum atomic E-state index is 13.1. The second-order valence-corrected chi connectivity index (χ2v) is 8.00. The standard InChI is InChI=1S/C23H31N3O6/c1-8-16-10-12-17(13-11-16)19(20(28)24-14-18(27)31-7)26(9-2)21(29)15(3)25-22(30)32-23(4,5)6/h2,10-13,15,19H,8,14H2,1,3-7H3,(H,24,28)(H,25,30). The molecule has 0 saturated heterocycles. The number of nitrogens with one attached hydrogen (secondary N) is 2. The second-order valence-electron chi connectivity index (χ2n) is 8.00. The number of nitrogens with zero attached hydrogens (tertiary/aromatic N) is 1. The largest absolute Gasteiger partial charge is 0.468 e. The fourth-order valence-corrected chi connectivity index (χ4v) is 2.70. The first-order valence-corrected chi connectivity index (χ1v) is 10.2. The van der Waals surface area contributed by atoms with Crippen LogP contribution in [0.15, 0.2) is 24.3 Å². The van der Waals surface area contributed by atoms with Crippen molar-refractivity contribution in [1.82, 2.24) is 15.5 Å². The number of hydrogen-bond donors (Lipinski definition) is 2. The van der Waals surface area contributed by atoms with E-state index in [2.05, 4.69) is 21.4 Å². The van der Waals surface area contributed by atoms with Crippen molar-refractivity contribution >= 4 is 23.9 Å². The molecule has 0 spiro atoms. The summed E-state index contributed by atoms with van der Waals surface area (Å²) in [6.07, 6.45) is 5.59. The number of amides is 3. The van der Waals surface area contributed by atoms with Crippen LogP contribution in [-0.2, 0) is 30.3 Å². The van der Waals surface area contributed by atoms with Crippen LogP contribution in [0.2, 0.25) is 0 Å². The molecule has 0 fully saturated rings. The molecule has 1 rings (SSSR count). The summed E-state index contributed by atoms with van der Waals surface area (Å²) in [7, 11) is 1.19. The van der Waals surface area contributed by atoms with Crippen LogP contribution >= 0.6 is 0 Å². The molecule has 1 aromatic rings. The molecule has 0 saturated carbocycles. The first-order chi connectivity index (χ1) is 14.9. The van der Waals surface area contributed by atoms with Crippen molar-refractivity contribution in [2.45, 2.75) is 58.7 Å². The van der Waals surface area contributed by atoms with Gasteiger partial charge in [0.05, 0.1) is 7.11 Å². The molecule has 9 nitrogen and oxygen atoms in total. The SMILES string of the molecule is C#CN(C(=O)C(C)NC(=O)OC(C)(C)C)C(C(=O)NCC(=O)OC)c1ccc(CC)cc1. The fraction of sp³-hybridized carbons (Fsp3) is 0.478. The lowest BCUT2D eigenvalue weighted by atomic mass is 10.0. The quantitative estimate of drug-likeness (QED) is 0.359. The van der Waals surface area contributed by atoms with Gasteiger partial charge in [-0.15, -0.1) is 0 Å². The molecule has 3 amide bonds. The minimum atomic E-state index is -1.23. The number of alkyl carbamates (subject to hydrolysis) is 1. The Balaban J connectivity index is 3.18. The summed E-state index contributed by atoms with van der Waals surface area (Å²) in [4.78, 5) is 50.4. The minimum Gasteiger partial charge on any atom is -0.468 e. The molecule has 0 aliphatic carbocycles. The van der Waals surface area contributed by atoms with Crippen molar-refractivity contribution in [2.24, 2.45) is 0 Å². The lowest BCUT2D eigenvalue weighted by molar-refractivity contribution is -0.142. The average Bonchev–Trinajstić information content (AvgIpc) is 2.73. The van der Waals surface area contributed by atoms with E-state index in [1.807, 2.05) is 19.1 Å². The molecular formula is C23H31N3O6. The van der Waals surface area contributed by atoms with Gasteiger partial charge in [0.2, 0.25) is 5.91 Å². The van der Waals surface area contributed by atoms with Crippen molar-refractivity contribution in [1.29, 1.82) is 0 Å². The van der Waals surface area contributed by atoms with Gasteiger partial charge in [0.25, 0.3) is 5.91 Å². The van der Waals surface area contributed by atoms with E-state index in [1.54, 1.807) is 32.9 Å². The van der Waals surface area contributed by atoms with Gasteiger partial charge in [0.1, 0.15) is 24.2 Å². The summed E-state index contributed by atoms with van der Waals surface area (Å²) in [5, 5.41) is 4.85. The Bertz CT molecular complexity index is 867. The van der Waals surface area contributed by atoms with Gasteiger partial charge in [0, 0.05) is 6.04 Å². The lowest BCUT2D eigenvalue weighted by Crippen LogP contribution is -2.50. The Kier molecular flexibility index (Phi) is 9.72. The molecule has 2 unspecified atom stereocenters. The van der Waals surface area contributed by atoms with Crippen LogP contribution in [0.3, 0.4) is 0 Å². The van der Waals surface area contributed by atoms with Crippen LogP contribution < -0.4 is 10.6 Å². The molecule has 0 radical (unpaired) electrons. The van der Waals surface area contributed by atoms with Crippen LogP contribution in [0, 0.1) is 12.5 Å². The highest BCUT2D eigenvalue weighted by molar-refractivity contribution is 5.94. The van der Waals surface area contributed by atoms with E-state index in [4.69, 9.17) is 11.2 Å². The topological polar surface area (TPSA) is 114 Å². The molecule has 32 heavy (non-hydrogen) atoms. The number of rotatable bonds is 8. The zero-order chi connectivity index (χ0) is 24.5. The molecule has 2 N–H and O–H groups in total. The van der Waals surface area contributed by atoms with Gasteiger partial charge in [-0.05, 0) is 45.2 Å². The Morgan fingerprint density at radius 2 is 1.75 bits per heavy atom. The van der Waals surface area contributed by atoms with Crippen LogP contribution in [-0.4, -0.2) is 54.1 Å². The van der Waals surface area contributed by atoms with Crippen LogP contribution in [0.25, 0.3) is 0 Å². The summed E-state index contributed by atoms with van der Waals surface area (Å²) in [6, 6.07) is 6.93. The summed E-state index contributed by atoms with van der Waals surface area (Å²) in [5.41, 5.74) is 0.719. The number of esters is 1. The molecule has 0 aliphatic heterocycles. The number of hydrogen-bond acceptors (Lipinski definition) is 6. The van der Waals surface area contributed by atoms with Crippen molar-refractivity contribution in [3.8, 4) is 12.5 Å². The Hall–Kier alpha value is -3.54. The van der Waals surface area contributed by atoms with Crippen LogP contribution in [0.5, 0.6) is 0 Å². The Morgan fingerprint density at radius 3 is 2.22 bits per heavy atom. The number of carbonyl (C=O) groups excluding carboxylic acids is 4. The third-order valence-electron chi connectivity index (χ3n) is 4.33. The van der Waals surface area contributed by atoms with Gasteiger partial charge < -0.3 is 20.1 Å². The van der Waals surface area contributed by atoms with E-state index < -0.39 is 48.1 Å². The first kappa shape index (κ1) is 26.5. The normalized spacial score (nSPS) is 12.5. The van der Waals surface area contributed by atoms with Gasteiger partial charge in [-0.2, -0.15) is 0 Å².